The zero-order valence-corrected chi connectivity index (χ0v) is 20.3. The van der Waals surface area contributed by atoms with Crippen LogP contribution in [0.2, 0.25) is 0 Å². The SMILES string of the molecule is CC(C)CC[C@@]1(C2CCN(C(=O)[C@@H]3C[C@@H]4C=C[C@H]3C4)CC2)NC(=O)N(Cc2ccccn2)C1=O. The Morgan fingerprint density at radius 3 is 2.59 bits per heavy atom. The summed E-state index contributed by atoms with van der Waals surface area (Å²) in [7, 11) is 0. The maximum Gasteiger partial charge on any atom is 0.325 e. The molecule has 0 radical (unpaired) electrons. The molecule has 0 unspecified atom stereocenters. The van der Waals surface area contributed by atoms with E-state index in [1.165, 1.54) is 4.90 Å². The Morgan fingerprint density at radius 2 is 1.97 bits per heavy atom. The molecular formula is C27H36N4O3. The van der Waals surface area contributed by atoms with Gasteiger partial charge in [0.1, 0.15) is 5.54 Å². The Bertz CT molecular complexity index is 969. The lowest BCUT2D eigenvalue weighted by Crippen LogP contribution is -2.57. The van der Waals surface area contributed by atoms with Crippen LogP contribution in [0.3, 0.4) is 0 Å². The van der Waals surface area contributed by atoms with Gasteiger partial charge in [0.2, 0.25) is 5.91 Å². The van der Waals surface area contributed by atoms with Gasteiger partial charge in [0, 0.05) is 25.2 Å². The number of rotatable bonds is 7. The lowest BCUT2D eigenvalue weighted by molar-refractivity contribution is -0.139. The molecule has 7 nitrogen and oxygen atoms in total. The van der Waals surface area contributed by atoms with E-state index in [-0.39, 0.29) is 36.2 Å². The number of imide groups is 1. The van der Waals surface area contributed by atoms with Crippen LogP contribution in [0, 0.1) is 29.6 Å². The first-order chi connectivity index (χ1) is 16.4. The van der Waals surface area contributed by atoms with Crippen LogP contribution in [0.4, 0.5) is 4.79 Å². The molecule has 4 atom stereocenters. The van der Waals surface area contributed by atoms with E-state index in [1.54, 1.807) is 6.20 Å². The third-order valence-electron chi connectivity index (χ3n) is 8.46. The van der Waals surface area contributed by atoms with Crippen molar-refractivity contribution in [2.75, 3.05) is 13.1 Å². The van der Waals surface area contributed by atoms with E-state index >= 15 is 0 Å². The largest absolute Gasteiger partial charge is 0.342 e. The fourth-order valence-corrected chi connectivity index (χ4v) is 6.50. The van der Waals surface area contributed by atoms with E-state index in [2.05, 4.69) is 36.3 Å². The van der Waals surface area contributed by atoms with Crippen LogP contribution in [0.15, 0.2) is 36.5 Å². The number of nitrogens with zero attached hydrogens (tertiary/aromatic N) is 3. The molecule has 2 saturated heterocycles. The van der Waals surface area contributed by atoms with Crippen molar-refractivity contribution < 1.29 is 14.4 Å². The summed E-state index contributed by atoms with van der Waals surface area (Å²) in [5.74, 6) is 1.72. The molecule has 2 aliphatic carbocycles. The fourth-order valence-electron chi connectivity index (χ4n) is 6.50. The average Bonchev–Trinajstić information content (AvgIpc) is 3.54. The first-order valence-electron chi connectivity index (χ1n) is 12.9. The van der Waals surface area contributed by atoms with Crippen molar-refractivity contribution >= 4 is 17.8 Å². The summed E-state index contributed by atoms with van der Waals surface area (Å²) < 4.78 is 0. The molecule has 5 rings (SSSR count). The lowest BCUT2D eigenvalue weighted by Gasteiger charge is -2.42. The second-order valence-corrected chi connectivity index (χ2v) is 11.0. The molecule has 1 aromatic heterocycles. The number of fused-ring (bicyclic) bond motifs is 2. The first-order valence-corrected chi connectivity index (χ1v) is 12.9. The molecule has 7 heteroatoms. The van der Waals surface area contributed by atoms with Gasteiger partial charge < -0.3 is 10.2 Å². The smallest absolute Gasteiger partial charge is 0.325 e. The van der Waals surface area contributed by atoms with Gasteiger partial charge in [-0.15, -0.1) is 0 Å². The minimum absolute atomic E-state index is 0.0282. The Hall–Kier alpha value is -2.70. The number of hydrogen-bond acceptors (Lipinski definition) is 4. The van der Waals surface area contributed by atoms with Crippen molar-refractivity contribution in [3.8, 4) is 0 Å². The van der Waals surface area contributed by atoms with E-state index < -0.39 is 5.54 Å². The third-order valence-corrected chi connectivity index (χ3v) is 8.46. The second-order valence-electron chi connectivity index (χ2n) is 11.0. The molecule has 182 valence electrons. The van der Waals surface area contributed by atoms with Crippen molar-refractivity contribution in [1.29, 1.82) is 0 Å². The molecule has 1 saturated carbocycles. The van der Waals surface area contributed by atoms with E-state index in [1.807, 2.05) is 23.1 Å². The van der Waals surface area contributed by atoms with Crippen LogP contribution < -0.4 is 5.32 Å². The molecule has 0 aromatic carbocycles. The number of carbonyl (C=O) groups is 3. The number of carbonyl (C=O) groups excluding carboxylic acids is 3. The van der Waals surface area contributed by atoms with Gasteiger partial charge in [0.05, 0.1) is 12.2 Å². The number of hydrogen-bond donors (Lipinski definition) is 1. The Morgan fingerprint density at radius 1 is 1.18 bits per heavy atom. The van der Waals surface area contributed by atoms with E-state index in [0.29, 0.717) is 43.0 Å². The molecular weight excluding hydrogens is 428 g/mol. The normalized spacial score (nSPS) is 31.1. The lowest BCUT2D eigenvalue weighted by atomic mass is 9.73. The quantitative estimate of drug-likeness (QED) is 0.492. The molecule has 3 heterocycles. The zero-order valence-electron chi connectivity index (χ0n) is 20.3. The zero-order chi connectivity index (χ0) is 23.9. The molecule has 0 spiro atoms. The van der Waals surface area contributed by atoms with Gasteiger partial charge in [-0.25, -0.2) is 4.79 Å². The highest BCUT2D eigenvalue weighted by molar-refractivity contribution is 6.07. The van der Waals surface area contributed by atoms with E-state index in [0.717, 1.165) is 32.1 Å². The van der Waals surface area contributed by atoms with Crippen molar-refractivity contribution in [1.82, 2.24) is 20.1 Å². The van der Waals surface area contributed by atoms with Gasteiger partial charge >= 0.3 is 6.03 Å². The van der Waals surface area contributed by atoms with Crippen LogP contribution >= 0.6 is 0 Å². The highest BCUT2D eigenvalue weighted by Crippen LogP contribution is 2.45. The number of allylic oxidation sites excluding steroid dienone is 2. The molecule has 2 aliphatic heterocycles. The highest BCUT2D eigenvalue weighted by atomic mass is 16.2. The number of likely N-dealkylation sites (tertiary alicyclic amines) is 1. The average molecular weight is 465 g/mol. The van der Waals surface area contributed by atoms with Gasteiger partial charge in [-0.3, -0.25) is 19.5 Å². The van der Waals surface area contributed by atoms with E-state index in [4.69, 9.17) is 0 Å². The minimum atomic E-state index is -0.888. The topological polar surface area (TPSA) is 82.6 Å². The van der Waals surface area contributed by atoms with E-state index in [9.17, 15) is 14.4 Å². The predicted octanol–water partition coefficient (Wildman–Crippen LogP) is 3.76. The number of pyridine rings is 1. The monoisotopic (exact) mass is 464 g/mol. The van der Waals surface area contributed by atoms with Crippen LogP contribution in [-0.2, 0) is 16.1 Å². The van der Waals surface area contributed by atoms with Crippen LogP contribution in [0.1, 0.15) is 58.1 Å². The molecule has 1 N–H and O–H groups in total. The number of piperidine rings is 1. The molecule has 2 bridgehead atoms. The summed E-state index contributed by atoms with van der Waals surface area (Å²) in [5, 5.41) is 3.13. The van der Waals surface area contributed by atoms with Gasteiger partial charge in [-0.2, -0.15) is 0 Å². The summed E-state index contributed by atoms with van der Waals surface area (Å²) in [6.45, 7) is 5.79. The van der Waals surface area contributed by atoms with Crippen molar-refractivity contribution in [3.05, 3.63) is 42.2 Å². The van der Waals surface area contributed by atoms with Crippen LogP contribution in [0.5, 0.6) is 0 Å². The van der Waals surface area contributed by atoms with Gasteiger partial charge in [-0.05, 0) is 74.3 Å². The fraction of sp³-hybridized carbons (Fsp3) is 0.630. The maximum absolute atomic E-state index is 13.8. The number of amides is 4. The third kappa shape index (κ3) is 4.14. The Kier molecular flexibility index (Phi) is 6.21. The summed E-state index contributed by atoms with van der Waals surface area (Å²) in [4.78, 5) is 47.7. The number of nitrogens with one attached hydrogen (secondary N) is 1. The first kappa shape index (κ1) is 23.1. The summed E-state index contributed by atoms with van der Waals surface area (Å²) >= 11 is 0. The molecule has 34 heavy (non-hydrogen) atoms. The number of urea groups is 1. The molecule has 4 aliphatic rings. The highest BCUT2D eigenvalue weighted by Gasteiger charge is 2.56. The Labute approximate surface area is 202 Å². The molecule has 1 aromatic rings. The summed E-state index contributed by atoms with van der Waals surface area (Å²) in [5.41, 5.74) is -0.188. The van der Waals surface area contributed by atoms with Crippen molar-refractivity contribution in [3.63, 3.8) is 0 Å². The van der Waals surface area contributed by atoms with Gasteiger partial charge in [0.25, 0.3) is 5.91 Å². The standard InChI is InChI=1S/C27H36N4O3/c1-18(2)8-11-27(25(33)31(26(34)29-27)17-22-5-3-4-12-28-22)21-9-13-30(14-10-21)24(32)23-16-19-6-7-20(23)15-19/h3-7,12,18-21,23H,8-11,13-17H2,1-2H3,(H,29,34)/t19-,20+,23-,27+/m1/s1. The summed E-state index contributed by atoms with van der Waals surface area (Å²) in [6, 6.07) is 5.20. The van der Waals surface area contributed by atoms with Crippen molar-refractivity contribution in [2.24, 2.45) is 29.6 Å². The van der Waals surface area contributed by atoms with Crippen LogP contribution in [0.25, 0.3) is 0 Å². The predicted molar refractivity (Wildman–Crippen MR) is 128 cm³/mol. The maximum atomic E-state index is 13.8. The Balaban J connectivity index is 1.29. The summed E-state index contributed by atoms with van der Waals surface area (Å²) in [6.07, 6.45) is 11.3. The second kappa shape index (κ2) is 9.16. The van der Waals surface area contributed by atoms with Gasteiger partial charge in [0.15, 0.2) is 0 Å². The number of aromatic nitrogens is 1. The molecule has 3 fully saturated rings. The minimum Gasteiger partial charge on any atom is -0.342 e. The molecule has 4 amide bonds. The van der Waals surface area contributed by atoms with Crippen LogP contribution in [-0.4, -0.2) is 51.3 Å². The van der Waals surface area contributed by atoms with Crippen molar-refractivity contribution in [2.45, 2.75) is 64.5 Å². The van der Waals surface area contributed by atoms with Gasteiger partial charge in [-0.1, -0.05) is 32.1 Å².